The first-order valence-corrected chi connectivity index (χ1v) is 7.05. The number of nitrogens with zero attached hydrogens (tertiary/aromatic N) is 2. The summed E-state index contributed by atoms with van der Waals surface area (Å²) in [6.07, 6.45) is 3.02. The predicted octanol–water partition coefficient (Wildman–Crippen LogP) is 1.60. The number of hydrogen-bond acceptors (Lipinski definition) is 3. The molecule has 0 aliphatic heterocycles. The van der Waals surface area contributed by atoms with Crippen molar-refractivity contribution in [1.82, 2.24) is 9.78 Å². The number of aryl methyl sites for hydroxylation is 2. The third-order valence-electron chi connectivity index (χ3n) is 4.85. The van der Waals surface area contributed by atoms with E-state index in [1.54, 1.807) is 10.9 Å². The van der Waals surface area contributed by atoms with Gasteiger partial charge in [0.2, 0.25) is 0 Å². The molecule has 2 atom stereocenters. The second-order valence-corrected chi connectivity index (χ2v) is 5.73. The van der Waals surface area contributed by atoms with Crippen LogP contribution in [-0.2, 0) is 18.9 Å². The van der Waals surface area contributed by atoms with Gasteiger partial charge in [-0.05, 0) is 30.9 Å². The topological polar surface area (TPSA) is 64.1 Å². The highest BCUT2D eigenvalue weighted by molar-refractivity contribution is 5.43. The molecule has 1 aliphatic rings. The Hall–Kier alpha value is -1.65. The fraction of sp³-hybridized carbons (Fsp3) is 0.438. The van der Waals surface area contributed by atoms with E-state index < -0.39 is 6.10 Å². The van der Waals surface area contributed by atoms with E-state index in [-0.39, 0.29) is 5.41 Å². The molecule has 0 radical (unpaired) electrons. The van der Waals surface area contributed by atoms with Crippen molar-refractivity contribution < 1.29 is 5.11 Å². The van der Waals surface area contributed by atoms with Crippen molar-refractivity contribution in [2.75, 3.05) is 6.54 Å². The van der Waals surface area contributed by atoms with Gasteiger partial charge in [0.05, 0.1) is 12.3 Å². The summed E-state index contributed by atoms with van der Waals surface area (Å²) in [7, 11) is 1.89. The van der Waals surface area contributed by atoms with E-state index in [0.29, 0.717) is 6.54 Å². The molecule has 0 saturated carbocycles. The van der Waals surface area contributed by atoms with Crippen LogP contribution in [0.25, 0.3) is 0 Å². The molecule has 0 spiro atoms. The molecule has 1 aliphatic carbocycles. The van der Waals surface area contributed by atoms with Gasteiger partial charge in [0.15, 0.2) is 0 Å². The van der Waals surface area contributed by atoms with Crippen molar-refractivity contribution >= 4 is 0 Å². The highest BCUT2D eigenvalue weighted by Crippen LogP contribution is 2.47. The summed E-state index contributed by atoms with van der Waals surface area (Å²) in [5.41, 5.74) is 10.1. The van der Waals surface area contributed by atoms with Gasteiger partial charge in [0.25, 0.3) is 0 Å². The van der Waals surface area contributed by atoms with Gasteiger partial charge in [-0.25, -0.2) is 0 Å². The third kappa shape index (κ3) is 1.72. The molecule has 106 valence electrons. The van der Waals surface area contributed by atoms with Crippen LogP contribution in [0.1, 0.15) is 34.9 Å². The average molecular weight is 271 g/mol. The monoisotopic (exact) mass is 271 g/mol. The van der Waals surface area contributed by atoms with Crippen LogP contribution in [0.2, 0.25) is 0 Å². The summed E-state index contributed by atoms with van der Waals surface area (Å²) in [6.45, 7) is 2.43. The predicted molar refractivity (Wildman–Crippen MR) is 78.4 cm³/mol. The van der Waals surface area contributed by atoms with E-state index in [1.807, 2.05) is 26.1 Å². The van der Waals surface area contributed by atoms with E-state index in [2.05, 4.69) is 17.2 Å². The average Bonchev–Trinajstić information content (AvgIpc) is 3.01. The molecule has 2 unspecified atom stereocenters. The number of benzene rings is 1. The van der Waals surface area contributed by atoms with Gasteiger partial charge < -0.3 is 10.8 Å². The minimum atomic E-state index is -0.607. The number of nitrogens with two attached hydrogens (primary N) is 1. The normalized spacial score (nSPS) is 22.8. The second-order valence-electron chi connectivity index (χ2n) is 5.73. The van der Waals surface area contributed by atoms with E-state index in [1.165, 1.54) is 11.1 Å². The summed E-state index contributed by atoms with van der Waals surface area (Å²) in [4.78, 5) is 0. The SMILES string of the molecule is Cc1c(C(O)C2(CN)CCc3ccccc32)cnn1C. The van der Waals surface area contributed by atoms with Crippen LogP contribution in [0.4, 0.5) is 0 Å². The molecule has 0 fully saturated rings. The first kappa shape index (κ1) is 13.3. The zero-order valence-corrected chi connectivity index (χ0v) is 12.0. The van der Waals surface area contributed by atoms with Crippen molar-refractivity contribution in [3.8, 4) is 0 Å². The van der Waals surface area contributed by atoms with Crippen molar-refractivity contribution in [2.45, 2.75) is 31.3 Å². The largest absolute Gasteiger partial charge is 0.387 e. The summed E-state index contributed by atoms with van der Waals surface area (Å²) in [6, 6.07) is 8.31. The van der Waals surface area contributed by atoms with Crippen LogP contribution in [0, 0.1) is 6.92 Å². The molecule has 0 saturated heterocycles. The maximum absolute atomic E-state index is 11.0. The Morgan fingerprint density at radius 1 is 1.45 bits per heavy atom. The van der Waals surface area contributed by atoms with Crippen molar-refractivity contribution in [2.24, 2.45) is 12.8 Å². The zero-order chi connectivity index (χ0) is 14.3. The molecule has 1 aromatic heterocycles. The summed E-state index contributed by atoms with van der Waals surface area (Å²) in [5, 5.41) is 15.2. The van der Waals surface area contributed by atoms with Crippen LogP contribution in [0.3, 0.4) is 0 Å². The van der Waals surface area contributed by atoms with E-state index in [4.69, 9.17) is 5.73 Å². The van der Waals surface area contributed by atoms with Gasteiger partial charge in [-0.2, -0.15) is 5.10 Å². The Kier molecular flexibility index (Phi) is 3.15. The standard InChI is InChI=1S/C16H21N3O/c1-11-13(9-18-19(11)2)15(20)16(10-17)8-7-12-5-3-4-6-14(12)16/h3-6,9,15,20H,7-8,10,17H2,1-2H3. The van der Waals surface area contributed by atoms with Crippen LogP contribution < -0.4 is 5.73 Å². The highest BCUT2D eigenvalue weighted by Gasteiger charge is 2.44. The maximum atomic E-state index is 11.0. The van der Waals surface area contributed by atoms with E-state index in [0.717, 1.165) is 24.1 Å². The lowest BCUT2D eigenvalue weighted by atomic mass is 9.74. The fourth-order valence-corrected chi connectivity index (χ4v) is 3.41. The van der Waals surface area contributed by atoms with Crippen LogP contribution >= 0.6 is 0 Å². The number of aliphatic hydroxyl groups is 1. The summed E-state index contributed by atoms with van der Waals surface area (Å²) < 4.78 is 1.80. The molecule has 3 rings (SSSR count). The Bertz CT molecular complexity index is 634. The van der Waals surface area contributed by atoms with E-state index in [9.17, 15) is 5.11 Å². The minimum absolute atomic E-state index is 0.385. The van der Waals surface area contributed by atoms with Gasteiger partial charge in [-0.15, -0.1) is 0 Å². The van der Waals surface area contributed by atoms with Gasteiger partial charge >= 0.3 is 0 Å². The quantitative estimate of drug-likeness (QED) is 0.891. The number of hydrogen-bond donors (Lipinski definition) is 2. The molecule has 0 amide bonds. The molecule has 20 heavy (non-hydrogen) atoms. The molecule has 4 nitrogen and oxygen atoms in total. The lowest BCUT2D eigenvalue weighted by molar-refractivity contribution is 0.0834. The second kappa shape index (κ2) is 4.72. The molecule has 2 aromatic rings. The Morgan fingerprint density at radius 2 is 2.20 bits per heavy atom. The van der Waals surface area contributed by atoms with Crippen LogP contribution in [-0.4, -0.2) is 21.4 Å². The Morgan fingerprint density at radius 3 is 2.85 bits per heavy atom. The summed E-state index contributed by atoms with van der Waals surface area (Å²) in [5.74, 6) is 0. The first-order valence-electron chi connectivity index (χ1n) is 7.05. The fourth-order valence-electron chi connectivity index (χ4n) is 3.41. The zero-order valence-electron chi connectivity index (χ0n) is 12.0. The number of aromatic nitrogens is 2. The van der Waals surface area contributed by atoms with Crippen LogP contribution in [0.5, 0.6) is 0 Å². The highest BCUT2D eigenvalue weighted by atomic mass is 16.3. The van der Waals surface area contributed by atoms with Gasteiger partial charge in [0.1, 0.15) is 0 Å². The lowest BCUT2D eigenvalue weighted by Crippen LogP contribution is -2.39. The van der Waals surface area contributed by atoms with Crippen LogP contribution in [0.15, 0.2) is 30.5 Å². The van der Waals surface area contributed by atoms with Crippen molar-refractivity contribution in [3.63, 3.8) is 0 Å². The minimum Gasteiger partial charge on any atom is -0.387 e. The van der Waals surface area contributed by atoms with Gasteiger partial charge in [0, 0.05) is 30.3 Å². The maximum Gasteiger partial charge on any atom is 0.0931 e. The molecule has 1 aromatic carbocycles. The molecular weight excluding hydrogens is 250 g/mol. The van der Waals surface area contributed by atoms with Gasteiger partial charge in [-0.1, -0.05) is 24.3 Å². The van der Waals surface area contributed by atoms with Gasteiger partial charge in [-0.3, -0.25) is 4.68 Å². The lowest BCUT2D eigenvalue weighted by Gasteiger charge is -2.34. The molecule has 4 heteroatoms. The number of fused-ring (bicyclic) bond motifs is 1. The Balaban J connectivity index is 2.09. The first-order chi connectivity index (χ1) is 9.60. The number of rotatable bonds is 3. The van der Waals surface area contributed by atoms with Crippen molar-refractivity contribution in [1.29, 1.82) is 0 Å². The smallest absolute Gasteiger partial charge is 0.0931 e. The summed E-state index contributed by atoms with van der Waals surface area (Å²) >= 11 is 0. The van der Waals surface area contributed by atoms with Crippen molar-refractivity contribution in [3.05, 3.63) is 52.8 Å². The number of aliphatic hydroxyl groups excluding tert-OH is 1. The third-order valence-corrected chi connectivity index (χ3v) is 4.85. The van der Waals surface area contributed by atoms with E-state index >= 15 is 0 Å². The molecule has 1 heterocycles. The molecular formula is C16H21N3O. The molecule has 0 bridgehead atoms. The molecule has 3 N–H and O–H groups in total. The Labute approximate surface area is 119 Å².